The van der Waals surface area contributed by atoms with E-state index in [-0.39, 0.29) is 34.9 Å². The first-order valence-electron chi connectivity index (χ1n) is 11.4. The monoisotopic (exact) mass is 549 g/mol. The number of amides is 3. The van der Waals surface area contributed by atoms with Gasteiger partial charge in [-0.3, -0.25) is 4.79 Å². The summed E-state index contributed by atoms with van der Waals surface area (Å²) >= 11 is 5.71. The maximum absolute atomic E-state index is 15.3. The number of hydrogen-bond donors (Lipinski definition) is 2. The molecule has 0 saturated carbocycles. The highest BCUT2D eigenvalue weighted by molar-refractivity contribution is 7.70. The van der Waals surface area contributed by atoms with Crippen LogP contribution in [0.25, 0.3) is 11.1 Å². The van der Waals surface area contributed by atoms with E-state index in [9.17, 15) is 18.5 Å². The molecule has 1 aliphatic rings. The quantitative estimate of drug-likeness (QED) is 0.384. The van der Waals surface area contributed by atoms with Gasteiger partial charge >= 0.3 is 6.03 Å². The van der Waals surface area contributed by atoms with Crippen LogP contribution in [0.2, 0.25) is 5.02 Å². The Morgan fingerprint density at radius 2 is 1.76 bits per heavy atom. The molecule has 0 aromatic heterocycles. The highest BCUT2D eigenvalue weighted by Gasteiger charge is 2.33. The minimum absolute atomic E-state index is 0.0655. The Morgan fingerprint density at radius 1 is 1.03 bits per heavy atom. The molecule has 1 fully saturated rings. The van der Waals surface area contributed by atoms with E-state index in [0.717, 1.165) is 11.0 Å². The van der Waals surface area contributed by atoms with E-state index >= 15 is 8.78 Å². The van der Waals surface area contributed by atoms with Crippen molar-refractivity contribution < 1.29 is 27.3 Å². The number of carbonyl (C=O) groups excluding carboxylic acids is 2. The van der Waals surface area contributed by atoms with Gasteiger partial charge in [-0.1, -0.05) is 35.9 Å². The van der Waals surface area contributed by atoms with Gasteiger partial charge in [0.25, 0.3) is 0 Å². The van der Waals surface area contributed by atoms with Gasteiger partial charge in [-0.25, -0.2) is 18.0 Å². The van der Waals surface area contributed by atoms with Crippen molar-refractivity contribution in [1.29, 1.82) is 0 Å². The molecule has 0 bridgehead atoms. The number of nitrogens with one attached hydrogen (secondary N) is 2. The van der Waals surface area contributed by atoms with Crippen LogP contribution in [0.5, 0.6) is 0 Å². The lowest BCUT2D eigenvalue weighted by atomic mass is 10.0. The van der Waals surface area contributed by atoms with Crippen LogP contribution in [0.15, 0.2) is 54.6 Å². The van der Waals surface area contributed by atoms with E-state index in [1.165, 1.54) is 24.3 Å². The highest BCUT2D eigenvalue weighted by atomic mass is 35.5. The lowest BCUT2D eigenvalue weighted by Gasteiger charge is -2.33. The summed E-state index contributed by atoms with van der Waals surface area (Å²) in [5.74, 6) is -3.77. The fourth-order valence-electron chi connectivity index (χ4n) is 4.28. The third-order valence-corrected chi connectivity index (χ3v) is 7.84. The summed E-state index contributed by atoms with van der Waals surface area (Å²) in [5, 5.41) is 5.35. The van der Waals surface area contributed by atoms with Crippen molar-refractivity contribution in [2.75, 3.05) is 30.1 Å². The second-order valence-electron chi connectivity index (χ2n) is 9.04. The molecule has 2 N–H and O–H groups in total. The smallest absolute Gasteiger partial charge is 0.319 e. The van der Waals surface area contributed by atoms with Gasteiger partial charge in [-0.2, -0.15) is 0 Å². The summed E-state index contributed by atoms with van der Waals surface area (Å²) in [6, 6.07) is 11.0. The predicted octanol–water partition coefficient (Wildman–Crippen LogP) is 5.99. The Kier molecular flexibility index (Phi) is 7.67. The van der Waals surface area contributed by atoms with Crippen molar-refractivity contribution in [2.45, 2.75) is 18.9 Å². The van der Waals surface area contributed by atoms with Gasteiger partial charge in [0, 0.05) is 22.4 Å². The average molecular weight is 550 g/mol. The van der Waals surface area contributed by atoms with Gasteiger partial charge in [0.15, 0.2) is 11.6 Å². The SMILES string of the molecule is CP(C)(=O)c1ccccc1-c1ccc(N2CCC[C@@H](NC(=O)Nc3ccc(Cl)cc3F)C2=O)c(F)c1F. The van der Waals surface area contributed by atoms with E-state index in [2.05, 4.69) is 10.6 Å². The number of carbonyl (C=O) groups is 2. The van der Waals surface area contributed by atoms with Gasteiger partial charge in [-0.15, -0.1) is 0 Å². The van der Waals surface area contributed by atoms with Crippen molar-refractivity contribution in [2.24, 2.45) is 0 Å². The van der Waals surface area contributed by atoms with Gasteiger partial charge in [0.2, 0.25) is 5.91 Å². The molecular weight excluding hydrogens is 526 g/mol. The molecule has 4 rings (SSSR count). The third kappa shape index (κ3) is 5.68. The largest absolute Gasteiger partial charge is 0.326 e. The van der Waals surface area contributed by atoms with Crippen LogP contribution in [-0.4, -0.2) is 37.9 Å². The molecule has 1 saturated heterocycles. The molecule has 3 aromatic carbocycles. The molecule has 1 atom stereocenters. The zero-order valence-corrected chi connectivity index (χ0v) is 21.7. The lowest BCUT2D eigenvalue weighted by Crippen LogP contribution is -2.53. The summed E-state index contributed by atoms with van der Waals surface area (Å²) in [5.41, 5.74) is -0.149. The fraction of sp³-hybridized carbons (Fsp3) is 0.231. The topological polar surface area (TPSA) is 78.5 Å². The number of nitrogens with zero attached hydrogens (tertiary/aromatic N) is 1. The second-order valence-corrected chi connectivity index (χ2v) is 12.7. The van der Waals surface area contributed by atoms with E-state index < -0.39 is 42.6 Å². The van der Waals surface area contributed by atoms with Crippen molar-refractivity contribution in [1.82, 2.24) is 5.32 Å². The minimum atomic E-state index is -2.79. The molecule has 1 aliphatic heterocycles. The third-order valence-electron chi connectivity index (χ3n) is 6.05. The highest BCUT2D eigenvalue weighted by Crippen LogP contribution is 2.40. The van der Waals surface area contributed by atoms with Gasteiger partial charge < -0.3 is 20.1 Å². The molecular formula is C26H24ClF3N3O3P. The van der Waals surface area contributed by atoms with Crippen LogP contribution >= 0.6 is 18.7 Å². The van der Waals surface area contributed by atoms with E-state index in [1.807, 2.05) is 0 Å². The van der Waals surface area contributed by atoms with E-state index in [1.54, 1.807) is 37.6 Å². The molecule has 0 aliphatic carbocycles. The number of rotatable bonds is 5. The van der Waals surface area contributed by atoms with Gasteiger partial charge in [-0.05, 0) is 62.1 Å². The molecule has 37 heavy (non-hydrogen) atoms. The molecule has 1 heterocycles. The summed E-state index contributed by atoms with van der Waals surface area (Å²) in [7, 11) is -2.79. The molecule has 194 valence electrons. The molecule has 3 aromatic rings. The Hall–Kier alpha value is -3.29. The number of piperidine rings is 1. The Balaban J connectivity index is 1.56. The second kappa shape index (κ2) is 10.6. The minimum Gasteiger partial charge on any atom is -0.326 e. The maximum atomic E-state index is 15.3. The average Bonchev–Trinajstić information content (AvgIpc) is 2.84. The van der Waals surface area contributed by atoms with Crippen molar-refractivity contribution in [3.05, 3.63) is 77.1 Å². The number of hydrogen-bond acceptors (Lipinski definition) is 3. The van der Waals surface area contributed by atoms with Crippen LogP contribution in [0.1, 0.15) is 12.8 Å². The lowest BCUT2D eigenvalue weighted by molar-refractivity contribution is -0.121. The van der Waals surface area contributed by atoms with E-state index in [4.69, 9.17) is 11.6 Å². The fourth-order valence-corrected chi connectivity index (χ4v) is 5.66. The number of anilines is 2. The Bertz CT molecular complexity index is 1430. The van der Waals surface area contributed by atoms with Crippen LogP contribution < -0.4 is 20.8 Å². The predicted molar refractivity (Wildman–Crippen MR) is 140 cm³/mol. The molecule has 3 amide bonds. The van der Waals surface area contributed by atoms with Crippen LogP contribution in [0.3, 0.4) is 0 Å². The van der Waals surface area contributed by atoms with Gasteiger partial charge in [0.1, 0.15) is 19.0 Å². The summed E-state index contributed by atoms with van der Waals surface area (Å²) in [6.07, 6.45) is 0.677. The zero-order valence-electron chi connectivity index (χ0n) is 20.0. The number of urea groups is 1. The van der Waals surface area contributed by atoms with Crippen LogP contribution in [-0.2, 0) is 9.36 Å². The zero-order chi connectivity index (χ0) is 26.9. The molecule has 6 nitrogen and oxygen atoms in total. The van der Waals surface area contributed by atoms with Crippen LogP contribution in [0.4, 0.5) is 29.3 Å². The van der Waals surface area contributed by atoms with Crippen molar-refractivity contribution >= 4 is 47.4 Å². The first-order chi connectivity index (χ1) is 17.5. The standard InChI is InChI=1S/C26H24ClF3N3O3P/c1-37(2,36)22-8-4-3-6-16(22)17-10-12-21(24(30)23(17)29)33-13-5-7-20(25(33)34)32-26(35)31-19-11-9-15(27)14-18(19)28/h3-4,6,8-12,14,20H,5,7,13H2,1-2H3,(H2,31,32,35)/t20-/m1/s1. The van der Waals surface area contributed by atoms with Crippen LogP contribution in [0, 0.1) is 17.5 Å². The van der Waals surface area contributed by atoms with Gasteiger partial charge in [0.05, 0.1) is 11.4 Å². The molecule has 0 radical (unpaired) electrons. The first-order valence-corrected chi connectivity index (χ1v) is 14.4. The normalized spacial score (nSPS) is 16.0. The number of benzene rings is 3. The molecule has 0 spiro atoms. The summed E-state index contributed by atoms with van der Waals surface area (Å²) < 4.78 is 57.3. The summed E-state index contributed by atoms with van der Waals surface area (Å²) in [4.78, 5) is 26.6. The maximum Gasteiger partial charge on any atom is 0.319 e. The molecule has 11 heteroatoms. The van der Waals surface area contributed by atoms with E-state index in [0.29, 0.717) is 17.3 Å². The van der Waals surface area contributed by atoms with Crippen molar-refractivity contribution in [3.8, 4) is 11.1 Å². The number of halogens is 4. The summed E-state index contributed by atoms with van der Waals surface area (Å²) in [6.45, 7) is 3.22. The Morgan fingerprint density at radius 3 is 2.46 bits per heavy atom. The van der Waals surface area contributed by atoms with Crippen molar-refractivity contribution in [3.63, 3.8) is 0 Å². The molecule has 0 unspecified atom stereocenters. The first kappa shape index (κ1) is 26.8. The Labute approximate surface area is 217 Å².